The van der Waals surface area contributed by atoms with Crippen LogP contribution in [0.1, 0.15) is 53.4 Å². The summed E-state index contributed by atoms with van der Waals surface area (Å²) in [5, 5.41) is 5.63. The van der Waals surface area contributed by atoms with E-state index in [1.165, 1.54) is 0 Å². The lowest BCUT2D eigenvalue weighted by Crippen LogP contribution is -2.42. The second-order valence-electron chi connectivity index (χ2n) is 6.69. The Balaban J connectivity index is 2.33. The molecule has 128 valence electrons. The van der Waals surface area contributed by atoms with Gasteiger partial charge >= 0.3 is 6.09 Å². The summed E-state index contributed by atoms with van der Waals surface area (Å²) in [5.41, 5.74) is -0.531. The number of hydrogen-bond donors (Lipinski definition) is 2. The second-order valence-corrected chi connectivity index (χ2v) is 6.69. The molecule has 0 bridgehead atoms. The Labute approximate surface area is 133 Å². The third-order valence-corrected chi connectivity index (χ3v) is 3.47. The molecule has 0 saturated carbocycles. The van der Waals surface area contributed by atoms with E-state index in [9.17, 15) is 9.59 Å². The Bertz CT molecular complexity index is 366. The SMILES string of the molecule is CCCCCNC(=O)C1CCOC1CNC(=O)OC(C)(C)C. The van der Waals surface area contributed by atoms with Crippen molar-refractivity contribution >= 4 is 12.0 Å². The molecular weight excluding hydrogens is 284 g/mol. The number of rotatable bonds is 7. The molecule has 1 rings (SSSR count). The van der Waals surface area contributed by atoms with Crippen LogP contribution in [0, 0.1) is 5.92 Å². The lowest BCUT2D eigenvalue weighted by molar-refractivity contribution is -0.126. The van der Waals surface area contributed by atoms with Gasteiger partial charge in [-0.3, -0.25) is 4.79 Å². The Morgan fingerprint density at radius 3 is 2.59 bits per heavy atom. The maximum atomic E-state index is 12.2. The van der Waals surface area contributed by atoms with Crippen molar-refractivity contribution in [3.8, 4) is 0 Å². The lowest BCUT2D eigenvalue weighted by Gasteiger charge is -2.22. The molecule has 1 saturated heterocycles. The molecule has 1 heterocycles. The molecule has 2 atom stereocenters. The molecule has 2 N–H and O–H groups in total. The lowest BCUT2D eigenvalue weighted by atomic mass is 10.0. The minimum Gasteiger partial charge on any atom is -0.444 e. The molecule has 1 aliphatic rings. The molecule has 1 aliphatic heterocycles. The predicted octanol–water partition coefficient (Wildman–Crippen LogP) is 2.22. The summed E-state index contributed by atoms with van der Waals surface area (Å²) < 4.78 is 10.7. The van der Waals surface area contributed by atoms with Crippen LogP contribution in [0.25, 0.3) is 0 Å². The van der Waals surface area contributed by atoms with Crippen LogP contribution in [0.5, 0.6) is 0 Å². The second kappa shape index (κ2) is 8.98. The van der Waals surface area contributed by atoms with E-state index in [0.29, 0.717) is 26.1 Å². The van der Waals surface area contributed by atoms with Gasteiger partial charge in [0.25, 0.3) is 0 Å². The van der Waals surface area contributed by atoms with Crippen LogP contribution in [0.4, 0.5) is 4.79 Å². The van der Waals surface area contributed by atoms with Crippen molar-refractivity contribution in [1.82, 2.24) is 10.6 Å². The zero-order valence-corrected chi connectivity index (χ0v) is 14.2. The third-order valence-electron chi connectivity index (χ3n) is 3.47. The van der Waals surface area contributed by atoms with Crippen molar-refractivity contribution in [2.75, 3.05) is 19.7 Å². The predicted molar refractivity (Wildman–Crippen MR) is 84.6 cm³/mol. The maximum absolute atomic E-state index is 12.2. The summed E-state index contributed by atoms with van der Waals surface area (Å²) in [4.78, 5) is 23.8. The van der Waals surface area contributed by atoms with Gasteiger partial charge in [0.15, 0.2) is 0 Å². The van der Waals surface area contributed by atoms with E-state index in [0.717, 1.165) is 19.3 Å². The average Bonchev–Trinajstić information content (AvgIpc) is 2.87. The number of carbonyl (C=O) groups excluding carboxylic acids is 2. The molecular formula is C16H30N2O4. The quantitative estimate of drug-likeness (QED) is 0.706. The van der Waals surface area contributed by atoms with E-state index >= 15 is 0 Å². The van der Waals surface area contributed by atoms with Gasteiger partial charge in [-0.1, -0.05) is 19.8 Å². The molecule has 6 nitrogen and oxygen atoms in total. The van der Waals surface area contributed by atoms with Crippen LogP contribution >= 0.6 is 0 Å². The van der Waals surface area contributed by atoms with Crippen molar-refractivity contribution in [3.63, 3.8) is 0 Å². The van der Waals surface area contributed by atoms with E-state index < -0.39 is 11.7 Å². The first-order valence-corrected chi connectivity index (χ1v) is 8.19. The first-order valence-electron chi connectivity index (χ1n) is 8.19. The number of unbranched alkanes of at least 4 members (excludes halogenated alkanes) is 2. The summed E-state index contributed by atoms with van der Waals surface area (Å²) in [5.74, 6) is -0.179. The Morgan fingerprint density at radius 1 is 1.23 bits per heavy atom. The first-order chi connectivity index (χ1) is 10.3. The van der Waals surface area contributed by atoms with E-state index in [1.54, 1.807) is 0 Å². The highest BCUT2D eigenvalue weighted by Crippen LogP contribution is 2.21. The van der Waals surface area contributed by atoms with Gasteiger partial charge < -0.3 is 20.1 Å². The molecule has 0 aromatic heterocycles. The molecule has 2 amide bonds. The summed E-state index contributed by atoms with van der Waals surface area (Å²) >= 11 is 0. The average molecular weight is 314 g/mol. The Morgan fingerprint density at radius 2 is 1.95 bits per heavy atom. The van der Waals surface area contributed by atoms with Gasteiger partial charge in [0.1, 0.15) is 5.60 Å². The first kappa shape index (κ1) is 18.7. The molecule has 1 fully saturated rings. The van der Waals surface area contributed by atoms with Gasteiger partial charge in [-0.2, -0.15) is 0 Å². The highest BCUT2D eigenvalue weighted by Gasteiger charge is 2.34. The molecule has 22 heavy (non-hydrogen) atoms. The minimum atomic E-state index is -0.531. The van der Waals surface area contributed by atoms with Gasteiger partial charge in [0.2, 0.25) is 5.91 Å². The van der Waals surface area contributed by atoms with Crippen LogP contribution < -0.4 is 10.6 Å². The van der Waals surface area contributed by atoms with E-state index in [2.05, 4.69) is 17.6 Å². The highest BCUT2D eigenvalue weighted by molar-refractivity contribution is 5.79. The largest absolute Gasteiger partial charge is 0.444 e. The molecule has 0 aromatic carbocycles. The zero-order chi connectivity index (χ0) is 16.6. The fourth-order valence-electron chi connectivity index (χ4n) is 2.37. The molecule has 0 aliphatic carbocycles. The van der Waals surface area contributed by atoms with Crippen LogP contribution in [-0.4, -0.2) is 43.4 Å². The van der Waals surface area contributed by atoms with Crippen LogP contribution in [0.3, 0.4) is 0 Å². The maximum Gasteiger partial charge on any atom is 0.407 e. The van der Waals surface area contributed by atoms with Gasteiger partial charge in [0, 0.05) is 19.7 Å². The minimum absolute atomic E-state index is 0.0181. The number of carbonyl (C=O) groups is 2. The van der Waals surface area contributed by atoms with Crippen LogP contribution in [-0.2, 0) is 14.3 Å². The van der Waals surface area contributed by atoms with Crippen LogP contribution in [0.15, 0.2) is 0 Å². The Hall–Kier alpha value is -1.30. The van der Waals surface area contributed by atoms with Crippen molar-refractivity contribution in [3.05, 3.63) is 0 Å². The standard InChI is InChI=1S/C16H30N2O4/c1-5-6-7-9-17-14(19)12-8-10-21-13(12)11-18-15(20)22-16(2,3)4/h12-13H,5-11H2,1-4H3,(H,17,19)(H,18,20). The van der Waals surface area contributed by atoms with Crippen molar-refractivity contribution in [2.24, 2.45) is 5.92 Å². The molecule has 0 aromatic rings. The molecule has 2 unspecified atom stereocenters. The third kappa shape index (κ3) is 7.11. The smallest absolute Gasteiger partial charge is 0.407 e. The fraction of sp³-hybridized carbons (Fsp3) is 0.875. The van der Waals surface area contributed by atoms with Gasteiger partial charge in [-0.25, -0.2) is 4.79 Å². The van der Waals surface area contributed by atoms with Crippen molar-refractivity contribution < 1.29 is 19.1 Å². The Kier molecular flexibility index (Phi) is 7.65. The monoisotopic (exact) mass is 314 g/mol. The summed E-state index contributed by atoms with van der Waals surface area (Å²) in [7, 11) is 0. The number of nitrogens with one attached hydrogen (secondary N) is 2. The zero-order valence-electron chi connectivity index (χ0n) is 14.2. The van der Waals surface area contributed by atoms with Crippen molar-refractivity contribution in [1.29, 1.82) is 0 Å². The normalized spacial score (nSPS) is 21.5. The molecule has 6 heteroatoms. The summed E-state index contributed by atoms with van der Waals surface area (Å²) in [6, 6.07) is 0. The molecule has 0 spiro atoms. The van der Waals surface area contributed by atoms with E-state index in [4.69, 9.17) is 9.47 Å². The summed E-state index contributed by atoms with van der Waals surface area (Å²) in [6.07, 6.45) is 3.18. The van der Waals surface area contributed by atoms with Crippen LogP contribution in [0.2, 0.25) is 0 Å². The van der Waals surface area contributed by atoms with Gasteiger partial charge in [-0.15, -0.1) is 0 Å². The van der Waals surface area contributed by atoms with E-state index in [-0.39, 0.29) is 17.9 Å². The fourth-order valence-corrected chi connectivity index (χ4v) is 2.37. The van der Waals surface area contributed by atoms with Gasteiger partial charge in [-0.05, 0) is 33.6 Å². The number of ether oxygens (including phenoxy) is 2. The number of amides is 2. The van der Waals surface area contributed by atoms with E-state index in [1.807, 2.05) is 20.8 Å². The van der Waals surface area contributed by atoms with Crippen molar-refractivity contribution in [2.45, 2.75) is 65.1 Å². The molecule has 0 radical (unpaired) electrons. The summed E-state index contributed by atoms with van der Waals surface area (Å²) in [6.45, 7) is 9.11. The highest BCUT2D eigenvalue weighted by atomic mass is 16.6. The number of alkyl carbamates (subject to hydrolysis) is 1. The number of hydrogen-bond acceptors (Lipinski definition) is 4. The van der Waals surface area contributed by atoms with Gasteiger partial charge in [0.05, 0.1) is 12.0 Å². The topological polar surface area (TPSA) is 76.7 Å².